The molecule has 5 heteroatoms. The third kappa shape index (κ3) is 4.79. The molecule has 0 aliphatic heterocycles. The fraction of sp³-hybridized carbons (Fsp3) is 0.632. The van der Waals surface area contributed by atoms with Crippen molar-refractivity contribution in [3.8, 4) is 17.2 Å². The van der Waals surface area contributed by atoms with Crippen LogP contribution in [0.1, 0.15) is 58.8 Å². The second-order valence-electron chi connectivity index (χ2n) is 6.00. The van der Waals surface area contributed by atoms with Gasteiger partial charge >= 0.3 is 0 Å². The molecule has 0 fully saturated rings. The second-order valence-corrected chi connectivity index (χ2v) is 6.00. The number of carbonyl (C=O) groups excluding carboxylic acids is 1. The van der Waals surface area contributed by atoms with Gasteiger partial charge in [-0.1, -0.05) is 0 Å². The van der Waals surface area contributed by atoms with Gasteiger partial charge in [-0.3, -0.25) is 4.79 Å². The molecular weight excluding hydrogens is 306 g/mol. The summed E-state index contributed by atoms with van der Waals surface area (Å²) in [5.74, 6) is 1.60. The Kier molecular flexibility index (Phi) is 7.89. The molecule has 1 amide bonds. The average Bonchev–Trinajstić information content (AvgIpc) is 2.49. The zero-order valence-electron chi connectivity index (χ0n) is 16.0. The molecule has 0 bridgehead atoms. The van der Waals surface area contributed by atoms with Gasteiger partial charge in [-0.25, -0.2) is 0 Å². The summed E-state index contributed by atoms with van der Waals surface area (Å²) in [6.07, 6.45) is 0. The lowest BCUT2D eigenvalue weighted by atomic mass is 10.1. The molecule has 0 saturated carbocycles. The molecule has 0 aliphatic rings. The van der Waals surface area contributed by atoms with Crippen LogP contribution < -0.4 is 14.2 Å². The van der Waals surface area contributed by atoms with Crippen LogP contribution in [0.25, 0.3) is 0 Å². The standard InChI is InChI=1S/C19H31NO4/c1-8-22-16-11-15(19(21)20(13(4)5)14(6)7)12-17(23-9-2)18(16)24-10-3/h11-14H,8-10H2,1-7H3. The smallest absolute Gasteiger partial charge is 0.254 e. The van der Waals surface area contributed by atoms with Crippen molar-refractivity contribution in [1.29, 1.82) is 0 Å². The van der Waals surface area contributed by atoms with Crippen molar-refractivity contribution in [3.63, 3.8) is 0 Å². The molecule has 0 aromatic heterocycles. The van der Waals surface area contributed by atoms with Crippen LogP contribution in [-0.2, 0) is 0 Å². The van der Waals surface area contributed by atoms with Crippen molar-refractivity contribution in [2.75, 3.05) is 19.8 Å². The number of benzene rings is 1. The normalized spacial score (nSPS) is 10.9. The highest BCUT2D eigenvalue weighted by molar-refractivity contribution is 5.96. The first-order valence-corrected chi connectivity index (χ1v) is 8.76. The molecular formula is C19H31NO4. The highest BCUT2D eigenvalue weighted by atomic mass is 16.5. The summed E-state index contributed by atoms with van der Waals surface area (Å²) in [5.41, 5.74) is 0.549. The Hall–Kier alpha value is -1.91. The average molecular weight is 337 g/mol. The molecule has 1 aromatic carbocycles. The fourth-order valence-corrected chi connectivity index (χ4v) is 2.73. The summed E-state index contributed by atoms with van der Waals surface area (Å²) in [6.45, 7) is 15.2. The predicted octanol–water partition coefficient (Wildman–Crippen LogP) is 4.14. The first-order chi connectivity index (χ1) is 11.4. The van der Waals surface area contributed by atoms with E-state index in [4.69, 9.17) is 14.2 Å². The van der Waals surface area contributed by atoms with Gasteiger partial charge < -0.3 is 19.1 Å². The van der Waals surface area contributed by atoms with Gasteiger partial charge in [0.15, 0.2) is 11.5 Å². The highest BCUT2D eigenvalue weighted by Gasteiger charge is 2.25. The van der Waals surface area contributed by atoms with E-state index in [1.165, 1.54) is 0 Å². The van der Waals surface area contributed by atoms with Gasteiger partial charge in [0, 0.05) is 17.6 Å². The van der Waals surface area contributed by atoms with Gasteiger partial charge in [-0.2, -0.15) is 0 Å². The van der Waals surface area contributed by atoms with E-state index in [9.17, 15) is 4.79 Å². The number of rotatable bonds is 9. The number of hydrogen-bond donors (Lipinski definition) is 0. The van der Waals surface area contributed by atoms with Gasteiger partial charge in [-0.05, 0) is 60.6 Å². The maximum atomic E-state index is 13.0. The van der Waals surface area contributed by atoms with Gasteiger partial charge in [0.1, 0.15) is 0 Å². The first kappa shape index (κ1) is 20.1. The van der Waals surface area contributed by atoms with E-state index in [2.05, 4.69) is 0 Å². The zero-order valence-corrected chi connectivity index (χ0v) is 16.0. The number of amides is 1. The molecule has 24 heavy (non-hydrogen) atoms. The number of hydrogen-bond acceptors (Lipinski definition) is 4. The van der Waals surface area contributed by atoms with Gasteiger partial charge in [0.2, 0.25) is 5.75 Å². The Morgan fingerprint density at radius 1 is 0.875 bits per heavy atom. The van der Waals surface area contributed by atoms with Crippen molar-refractivity contribution >= 4 is 5.91 Å². The lowest BCUT2D eigenvalue weighted by molar-refractivity contribution is 0.0642. The van der Waals surface area contributed by atoms with E-state index in [1.807, 2.05) is 53.4 Å². The molecule has 0 unspecified atom stereocenters. The molecule has 1 aromatic rings. The Bertz CT molecular complexity index is 505. The Morgan fingerprint density at radius 2 is 1.29 bits per heavy atom. The van der Waals surface area contributed by atoms with Crippen LogP contribution in [-0.4, -0.2) is 42.7 Å². The van der Waals surface area contributed by atoms with Crippen molar-refractivity contribution in [3.05, 3.63) is 17.7 Å². The SMILES string of the molecule is CCOc1cc(C(=O)N(C(C)C)C(C)C)cc(OCC)c1OCC. The summed E-state index contributed by atoms with van der Waals surface area (Å²) < 4.78 is 17.1. The third-order valence-corrected chi connectivity index (χ3v) is 3.50. The van der Waals surface area contributed by atoms with Crippen LogP contribution in [0.2, 0.25) is 0 Å². The Morgan fingerprint density at radius 3 is 1.62 bits per heavy atom. The van der Waals surface area contributed by atoms with E-state index in [-0.39, 0.29) is 18.0 Å². The largest absolute Gasteiger partial charge is 0.490 e. The quantitative estimate of drug-likeness (QED) is 0.679. The number of ether oxygens (including phenoxy) is 3. The van der Waals surface area contributed by atoms with Crippen LogP contribution >= 0.6 is 0 Å². The maximum absolute atomic E-state index is 13.0. The summed E-state index contributed by atoms with van der Waals surface area (Å²) in [7, 11) is 0. The molecule has 136 valence electrons. The van der Waals surface area contributed by atoms with Crippen molar-refractivity contribution < 1.29 is 19.0 Å². The van der Waals surface area contributed by atoms with Crippen LogP contribution in [0.3, 0.4) is 0 Å². The molecule has 0 atom stereocenters. The lowest BCUT2D eigenvalue weighted by Gasteiger charge is -2.31. The van der Waals surface area contributed by atoms with Gasteiger partial charge in [-0.15, -0.1) is 0 Å². The topological polar surface area (TPSA) is 48.0 Å². The van der Waals surface area contributed by atoms with Crippen molar-refractivity contribution in [2.45, 2.75) is 60.5 Å². The van der Waals surface area contributed by atoms with Gasteiger partial charge in [0.25, 0.3) is 5.91 Å². The zero-order chi connectivity index (χ0) is 18.3. The molecule has 5 nitrogen and oxygen atoms in total. The van der Waals surface area contributed by atoms with Crippen molar-refractivity contribution in [2.24, 2.45) is 0 Å². The minimum atomic E-state index is -0.0371. The summed E-state index contributed by atoms with van der Waals surface area (Å²) in [6, 6.07) is 3.71. The van der Waals surface area contributed by atoms with Crippen LogP contribution in [0.5, 0.6) is 17.2 Å². The van der Waals surface area contributed by atoms with E-state index < -0.39 is 0 Å². The van der Waals surface area contributed by atoms with E-state index >= 15 is 0 Å². The lowest BCUT2D eigenvalue weighted by Crippen LogP contribution is -2.42. The Labute approximate surface area is 145 Å². The second kappa shape index (κ2) is 9.40. The first-order valence-electron chi connectivity index (χ1n) is 8.76. The summed E-state index contributed by atoms with van der Waals surface area (Å²) >= 11 is 0. The third-order valence-electron chi connectivity index (χ3n) is 3.50. The molecule has 0 N–H and O–H groups in total. The van der Waals surface area contributed by atoms with Crippen molar-refractivity contribution in [1.82, 2.24) is 4.90 Å². The summed E-state index contributed by atoms with van der Waals surface area (Å²) in [4.78, 5) is 14.8. The monoisotopic (exact) mass is 337 g/mol. The molecule has 1 rings (SSSR count). The van der Waals surface area contributed by atoms with Gasteiger partial charge in [0.05, 0.1) is 19.8 Å². The predicted molar refractivity (Wildman–Crippen MR) is 96.4 cm³/mol. The van der Waals surface area contributed by atoms with Crippen LogP contribution in [0, 0.1) is 0 Å². The summed E-state index contributed by atoms with van der Waals surface area (Å²) in [5, 5.41) is 0. The number of nitrogens with zero attached hydrogens (tertiary/aromatic N) is 1. The van der Waals surface area contributed by atoms with Crippen LogP contribution in [0.15, 0.2) is 12.1 Å². The molecule has 0 heterocycles. The number of carbonyl (C=O) groups is 1. The molecule has 0 spiro atoms. The molecule has 0 saturated heterocycles. The van der Waals surface area contributed by atoms with E-state index in [0.717, 1.165) is 0 Å². The van der Waals surface area contributed by atoms with E-state index in [1.54, 1.807) is 12.1 Å². The van der Waals surface area contributed by atoms with Crippen LogP contribution in [0.4, 0.5) is 0 Å². The highest BCUT2D eigenvalue weighted by Crippen LogP contribution is 2.39. The minimum Gasteiger partial charge on any atom is -0.490 e. The fourth-order valence-electron chi connectivity index (χ4n) is 2.73. The minimum absolute atomic E-state index is 0.0371. The molecule has 0 aliphatic carbocycles. The Balaban J connectivity index is 3.39. The molecule has 0 radical (unpaired) electrons. The maximum Gasteiger partial charge on any atom is 0.254 e. The van der Waals surface area contributed by atoms with E-state index in [0.29, 0.717) is 42.6 Å².